The molecule has 13 heteroatoms. The Labute approximate surface area is 176 Å². The number of benzene rings is 1. The molecule has 3 rings (SSSR count). The lowest BCUT2D eigenvalue weighted by Crippen LogP contribution is -2.51. The molecule has 1 amide bonds. The van der Waals surface area contributed by atoms with Crippen molar-refractivity contribution in [1.29, 1.82) is 5.26 Å². The number of hydrogen-bond donors (Lipinski definition) is 2. The summed E-state index contributed by atoms with van der Waals surface area (Å²) in [4.78, 5) is 19.1. The largest absolute Gasteiger partial charge is 0.448 e. The van der Waals surface area contributed by atoms with Gasteiger partial charge in [0.25, 0.3) is 18.4 Å². The molecule has 0 fully saturated rings. The van der Waals surface area contributed by atoms with E-state index in [2.05, 4.69) is 15.3 Å². The smallest absolute Gasteiger partial charge is 0.411 e. The highest BCUT2D eigenvalue weighted by Crippen LogP contribution is 2.45. The number of anilines is 1. The predicted molar refractivity (Wildman–Crippen MR) is 98.2 cm³/mol. The maximum atomic E-state index is 14.5. The molecule has 0 saturated heterocycles. The standard InChI is InChI=1S/C19H13F6N5O2/c20-12-3-2-10(29-15(31)13-4-1-9(7-26)8-28-13)5-11(12)18(16(21)22)6-14(19(23,24)25)30-17(27)32-18/h1-5,8,14,16H,6H2,(H2,27,30)(H,29,31)/t14-,18-/m0/s1. The average molecular weight is 457 g/mol. The Morgan fingerprint density at radius 1 is 1.31 bits per heavy atom. The van der Waals surface area contributed by atoms with Crippen LogP contribution in [0.2, 0.25) is 0 Å². The number of nitriles is 1. The molecule has 0 saturated carbocycles. The van der Waals surface area contributed by atoms with Crippen LogP contribution in [-0.2, 0) is 10.3 Å². The molecular formula is C19H13F6N5O2. The highest BCUT2D eigenvalue weighted by atomic mass is 19.4. The summed E-state index contributed by atoms with van der Waals surface area (Å²) in [5.74, 6) is -2.13. The number of alkyl halides is 5. The number of nitrogens with one attached hydrogen (secondary N) is 1. The van der Waals surface area contributed by atoms with Crippen LogP contribution in [0.25, 0.3) is 0 Å². The van der Waals surface area contributed by atoms with Gasteiger partial charge in [-0.2, -0.15) is 18.4 Å². The van der Waals surface area contributed by atoms with Crippen LogP contribution >= 0.6 is 0 Å². The number of aromatic nitrogens is 1. The van der Waals surface area contributed by atoms with Gasteiger partial charge in [0.1, 0.15) is 17.6 Å². The van der Waals surface area contributed by atoms with Gasteiger partial charge in [0, 0.05) is 23.9 Å². The molecule has 0 radical (unpaired) electrons. The lowest BCUT2D eigenvalue weighted by molar-refractivity contribution is -0.183. The van der Waals surface area contributed by atoms with E-state index in [9.17, 15) is 31.1 Å². The Balaban J connectivity index is 1.98. The first kappa shape index (κ1) is 22.9. The van der Waals surface area contributed by atoms with E-state index in [4.69, 9.17) is 15.7 Å². The molecule has 2 atom stereocenters. The first-order chi connectivity index (χ1) is 15.0. The number of ether oxygens (including phenoxy) is 1. The van der Waals surface area contributed by atoms with E-state index in [1.165, 1.54) is 12.1 Å². The van der Waals surface area contributed by atoms with Gasteiger partial charge in [-0.05, 0) is 30.3 Å². The molecule has 1 aromatic heterocycles. The number of halogens is 6. The lowest BCUT2D eigenvalue weighted by atomic mass is 9.85. The number of pyridine rings is 1. The van der Waals surface area contributed by atoms with Crippen molar-refractivity contribution in [1.82, 2.24) is 4.98 Å². The molecule has 3 N–H and O–H groups in total. The molecule has 1 aromatic carbocycles. The maximum absolute atomic E-state index is 14.5. The van der Waals surface area contributed by atoms with Crippen LogP contribution < -0.4 is 11.1 Å². The summed E-state index contributed by atoms with van der Waals surface area (Å²) in [6.07, 6.45) is -8.97. The molecule has 0 unspecified atom stereocenters. The Bertz CT molecular complexity index is 1100. The molecule has 1 aliphatic heterocycles. The van der Waals surface area contributed by atoms with Crippen molar-refractivity contribution in [3.05, 3.63) is 59.2 Å². The number of amides is 1. The van der Waals surface area contributed by atoms with Crippen LogP contribution in [0, 0.1) is 17.1 Å². The normalized spacial score (nSPS) is 20.8. The molecule has 2 heterocycles. The summed E-state index contributed by atoms with van der Waals surface area (Å²) in [7, 11) is 0. The van der Waals surface area contributed by atoms with Gasteiger partial charge in [-0.25, -0.2) is 23.1 Å². The summed E-state index contributed by atoms with van der Waals surface area (Å²) in [5.41, 5.74) is 0.988. The van der Waals surface area contributed by atoms with Gasteiger partial charge >= 0.3 is 6.18 Å². The van der Waals surface area contributed by atoms with Crippen molar-refractivity contribution < 1.29 is 35.9 Å². The molecule has 7 nitrogen and oxygen atoms in total. The van der Waals surface area contributed by atoms with Crippen molar-refractivity contribution in [2.75, 3.05) is 5.32 Å². The van der Waals surface area contributed by atoms with Crippen LogP contribution in [0.3, 0.4) is 0 Å². The van der Waals surface area contributed by atoms with E-state index >= 15 is 0 Å². The highest BCUT2D eigenvalue weighted by molar-refractivity contribution is 6.02. The third kappa shape index (κ3) is 4.43. The fourth-order valence-corrected chi connectivity index (χ4v) is 3.06. The fourth-order valence-electron chi connectivity index (χ4n) is 3.06. The summed E-state index contributed by atoms with van der Waals surface area (Å²) in [6.45, 7) is 0. The lowest BCUT2D eigenvalue weighted by Gasteiger charge is -2.39. The van der Waals surface area contributed by atoms with Crippen molar-refractivity contribution in [3.63, 3.8) is 0 Å². The summed E-state index contributed by atoms with van der Waals surface area (Å²) >= 11 is 0. The summed E-state index contributed by atoms with van der Waals surface area (Å²) in [6, 6.07) is 2.94. The number of amidine groups is 1. The summed E-state index contributed by atoms with van der Waals surface area (Å²) in [5, 5.41) is 11.0. The SMILES string of the molecule is N#Cc1ccc(C(=O)Nc2ccc(F)c([C@]3(C(F)F)C[C@@H](C(F)(F)F)N=C(N)O3)c2)nc1. The van der Waals surface area contributed by atoms with Gasteiger partial charge < -0.3 is 15.8 Å². The second kappa shape index (κ2) is 8.37. The van der Waals surface area contributed by atoms with Crippen LogP contribution in [0.1, 0.15) is 28.0 Å². The van der Waals surface area contributed by atoms with Gasteiger partial charge in [0.05, 0.1) is 5.56 Å². The number of carbonyl (C=O) groups excluding carboxylic acids is 1. The third-order valence-electron chi connectivity index (χ3n) is 4.60. The molecule has 168 valence electrons. The first-order valence-electron chi connectivity index (χ1n) is 8.81. The number of nitrogens with two attached hydrogens (primary N) is 1. The topological polar surface area (TPSA) is 113 Å². The molecule has 1 aliphatic rings. The number of carbonyl (C=O) groups is 1. The van der Waals surface area contributed by atoms with Crippen molar-refractivity contribution in [3.8, 4) is 6.07 Å². The Morgan fingerprint density at radius 2 is 2.03 bits per heavy atom. The van der Waals surface area contributed by atoms with Crippen molar-refractivity contribution >= 4 is 17.6 Å². The quantitative estimate of drug-likeness (QED) is 0.683. The number of rotatable bonds is 4. The second-order valence-electron chi connectivity index (χ2n) is 6.71. The molecule has 0 bridgehead atoms. The van der Waals surface area contributed by atoms with Crippen LogP contribution in [0.5, 0.6) is 0 Å². The molecule has 0 aliphatic carbocycles. The van der Waals surface area contributed by atoms with E-state index < -0.39 is 54.0 Å². The monoisotopic (exact) mass is 457 g/mol. The number of nitrogens with zero attached hydrogens (tertiary/aromatic N) is 3. The van der Waals surface area contributed by atoms with E-state index in [0.29, 0.717) is 6.07 Å². The van der Waals surface area contributed by atoms with Crippen LogP contribution in [0.15, 0.2) is 41.5 Å². The van der Waals surface area contributed by atoms with Gasteiger partial charge in [-0.15, -0.1) is 0 Å². The minimum absolute atomic E-state index is 0.152. The fraction of sp³-hybridized carbons (Fsp3) is 0.263. The minimum atomic E-state index is -5.03. The molecule has 0 spiro atoms. The van der Waals surface area contributed by atoms with Gasteiger partial charge in [-0.1, -0.05) is 0 Å². The zero-order valence-corrected chi connectivity index (χ0v) is 15.8. The Morgan fingerprint density at radius 3 is 2.59 bits per heavy atom. The van der Waals surface area contributed by atoms with Crippen molar-refractivity contribution in [2.24, 2.45) is 10.7 Å². The molecular weight excluding hydrogens is 444 g/mol. The Hall–Kier alpha value is -3.82. The van der Waals surface area contributed by atoms with E-state index in [0.717, 1.165) is 18.3 Å². The van der Waals surface area contributed by atoms with E-state index in [1.807, 2.05) is 0 Å². The predicted octanol–water partition coefficient (Wildman–Crippen LogP) is 3.47. The molecule has 32 heavy (non-hydrogen) atoms. The van der Waals surface area contributed by atoms with Gasteiger partial charge in [0.2, 0.25) is 5.60 Å². The van der Waals surface area contributed by atoms with Crippen molar-refractivity contribution in [2.45, 2.75) is 30.7 Å². The highest BCUT2D eigenvalue weighted by Gasteiger charge is 2.56. The third-order valence-corrected chi connectivity index (χ3v) is 4.60. The van der Waals surface area contributed by atoms with Gasteiger partial charge in [0.15, 0.2) is 6.04 Å². The van der Waals surface area contributed by atoms with E-state index in [-0.39, 0.29) is 16.9 Å². The van der Waals surface area contributed by atoms with Crippen LogP contribution in [-0.4, -0.2) is 35.6 Å². The summed E-state index contributed by atoms with van der Waals surface area (Å²) < 4.78 is 86.9. The number of hydrogen-bond acceptors (Lipinski definition) is 6. The van der Waals surface area contributed by atoms with Crippen LogP contribution in [0.4, 0.5) is 32.0 Å². The second-order valence-corrected chi connectivity index (χ2v) is 6.71. The zero-order chi connectivity index (χ0) is 23.7. The average Bonchev–Trinajstić information content (AvgIpc) is 2.73. The maximum Gasteiger partial charge on any atom is 0.411 e. The first-order valence-corrected chi connectivity index (χ1v) is 8.81. The van der Waals surface area contributed by atoms with Gasteiger partial charge in [-0.3, -0.25) is 4.79 Å². The zero-order valence-electron chi connectivity index (χ0n) is 15.8. The Kier molecular flexibility index (Phi) is 5.98. The number of aliphatic imine (C=N–C) groups is 1. The molecule has 2 aromatic rings. The minimum Gasteiger partial charge on any atom is -0.448 e. The van der Waals surface area contributed by atoms with E-state index in [1.54, 1.807) is 6.07 Å².